The summed E-state index contributed by atoms with van der Waals surface area (Å²) < 4.78 is 11.3. The lowest BCUT2D eigenvalue weighted by molar-refractivity contribution is 0.0684. The van der Waals surface area contributed by atoms with Crippen molar-refractivity contribution in [3.05, 3.63) is 47.2 Å². The summed E-state index contributed by atoms with van der Waals surface area (Å²) in [6.45, 7) is 1.58. The first-order chi connectivity index (χ1) is 13.0. The second-order valence-electron chi connectivity index (χ2n) is 6.68. The maximum absolute atomic E-state index is 11.8. The van der Waals surface area contributed by atoms with Gasteiger partial charge in [0, 0.05) is 6.54 Å². The Hall–Kier alpha value is -2.78. The van der Waals surface area contributed by atoms with Gasteiger partial charge in [-0.3, -0.25) is 0 Å². The molecule has 1 fully saturated rings. The van der Waals surface area contributed by atoms with Crippen LogP contribution in [0.2, 0.25) is 6.32 Å². The van der Waals surface area contributed by atoms with Crippen molar-refractivity contribution in [3.8, 4) is 11.5 Å². The van der Waals surface area contributed by atoms with Crippen molar-refractivity contribution >= 4 is 18.9 Å². The molecule has 0 radical (unpaired) electrons. The third-order valence-electron chi connectivity index (χ3n) is 4.80. The number of ether oxygens (including phenoxy) is 1. The number of pyridine rings is 1. The Morgan fingerprint density at radius 2 is 2.19 bits per heavy atom. The molecule has 0 amide bonds. The fourth-order valence-electron chi connectivity index (χ4n) is 3.35. The Morgan fingerprint density at radius 3 is 2.93 bits per heavy atom. The number of nitrogens with two attached hydrogens (primary N) is 1. The zero-order valence-electron chi connectivity index (χ0n) is 14.7. The predicted molar refractivity (Wildman–Crippen MR) is 99.3 cm³/mol. The van der Waals surface area contributed by atoms with Gasteiger partial charge < -0.3 is 30.2 Å². The van der Waals surface area contributed by atoms with Crippen LogP contribution < -0.4 is 20.0 Å². The average molecular weight is 369 g/mol. The lowest BCUT2D eigenvalue weighted by atomic mass is 9.78. The summed E-state index contributed by atoms with van der Waals surface area (Å²) in [4.78, 5) is 18.3. The Labute approximate surface area is 156 Å². The highest BCUT2D eigenvalue weighted by molar-refractivity contribution is 6.44. The quantitative estimate of drug-likeness (QED) is 0.666. The summed E-state index contributed by atoms with van der Waals surface area (Å²) in [5, 5.41) is 19.3. The van der Waals surface area contributed by atoms with E-state index in [9.17, 15) is 14.9 Å². The van der Waals surface area contributed by atoms with Crippen LogP contribution in [-0.2, 0) is 13.0 Å². The molecule has 1 saturated heterocycles. The maximum Gasteiger partial charge on any atom is 0.522 e. The summed E-state index contributed by atoms with van der Waals surface area (Å²) in [6.07, 6.45) is 0.855. The van der Waals surface area contributed by atoms with Crippen molar-refractivity contribution in [2.24, 2.45) is 5.73 Å². The number of aromatic carboxylic acids is 1. The van der Waals surface area contributed by atoms with Gasteiger partial charge in [-0.05, 0) is 36.5 Å². The molecule has 1 aromatic heterocycles. The molecule has 4 rings (SSSR count). The monoisotopic (exact) mass is 369 g/mol. The summed E-state index contributed by atoms with van der Waals surface area (Å²) >= 11 is 0. The van der Waals surface area contributed by atoms with Crippen molar-refractivity contribution in [2.75, 3.05) is 18.0 Å². The second kappa shape index (κ2) is 7.09. The van der Waals surface area contributed by atoms with Crippen molar-refractivity contribution in [1.82, 2.24) is 4.98 Å². The molecule has 0 atom stereocenters. The number of carboxylic acid groups (broad SMARTS) is 1. The normalized spacial score (nSPS) is 16.4. The number of aryl methyl sites for hydroxylation is 1. The number of benzene rings is 1. The van der Waals surface area contributed by atoms with Crippen LogP contribution in [0.15, 0.2) is 30.3 Å². The Bertz CT molecular complexity index is 872. The van der Waals surface area contributed by atoms with E-state index in [-0.39, 0.29) is 23.2 Å². The van der Waals surface area contributed by atoms with Gasteiger partial charge in [-0.25, -0.2) is 9.78 Å². The molecule has 0 aliphatic carbocycles. The fourth-order valence-corrected chi connectivity index (χ4v) is 3.35. The fraction of sp³-hybridized carbons (Fsp3) is 0.333. The van der Waals surface area contributed by atoms with Crippen molar-refractivity contribution in [1.29, 1.82) is 0 Å². The van der Waals surface area contributed by atoms with Gasteiger partial charge in [0.25, 0.3) is 0 Å². The lowest BCUT2D eigenvalue weighted by Crippen LogP contribution is -2.54. The molecule has 27 heavy (non-hydrogen) atoms. The molecule has 4 N–H and O–H groups in total. The summed E-state index contributed by atoms with van der Waals surface area (Å²) in [5.74, 6) is 0.147. The van der Waals surface area contributed by atoms with Gasteiger partial charge in [0.15, 0.2) is 0 Å². The highest BCUT2D eigenvalue weighted by Crippen LogP contribution is 2.37. The van der Waals surface area contributed by atoms with E-state index in [1.807, 2.05) is 23.1 Å². The zero-order chi connectivity index (χ0) is 19.0. The number of hydrogen-bond donors (Lipinski definition) is 3. The van der Waals surface area contributed by atoms with Crippen LogP contribution in [0.1, 0.15) is 21.6 Å². The molecule has 2 aliphatic rings. The Balaban J connectivity index is 1.49. The van der Waals surface area contributed by atoms with Gasteiger partial charge in [-0.1, -0.05) is 12.1 Å². The molecule has 140 valence electrons. The smallest absolute Gasteiger partial charge is 0.522 e. The summed E-state index contributed by atoms with van der Waals surface area (Å²) in [6, 6.07) is 9.16. The standard InChI is InChI=1S/C18H20BN3O5/c20-8-12-2-1-3-15(21-12)22-9-13(10-22)26-14-5-4-11-6-7-19(25)27-17(11)16(14)18(23)24/h1-5,13,25H,6-10,20H2,(H,23,24). The van der Waals surface area contributed by atoms with Crippen LogP contribution in [-0.4, -0.2) is 47.4 Å². The van der Waals surface area contributed by atoms with Crippen LogP contribution in [0.25, 0.3) is 0 Å². The third-order valence-corrected chi connectivity index (χ3v) is 4.80. The van der Waals surface area contributed by atoms with Crippen LogP contribution in [0, 0.1) is 0 Å². The summed E-state index contributed by atoms with van der Waals surface area (Å²) in [5.41, 5.74) is 7.17. The second-order valence-corrected chi connectivity index (χ2v) is 6.68. The maximum atomic E-state index is 11.8. The first-order valence-corrected chi connectivity index (χ1v) is 8.86. The molecule has 0 unspecified atom stereocenters. The molecule has 3 heterocycles. The van der Waals surface area contributed by atoms with E-state index in [1.165, 1.54) is 0 Å². The Morgan fingerprint density at radius 1 is 1.37 bits per heavy atom. The van der Waals surface area contributed by atoms with E-state index >= 15 is 0 Å². The van der Waals surface area contributed by atoms with Crippen LogP contribution in [0.3, 0.4) is 0 Å². The molecule has 2 aliphatic heterocycles. The third kappa shape index (κ3) is 3.43. The van der Waals surface area contributed by atoms with Crippen LogP contribution >= 0.6 is 0 Å². The molecule has 9 heteroatoms. The van der Waals surface area contributed by atoms with Crippen LogP contribution in [0.5, 0.6) is 11.5 Å². The van der Waals surface area contributed by atoms with Gasteiger partial charge in [-0.15, -0.1) is 0 Å². The van der Waals surface area contributed by atoms with Gasteiger partial charge in [-0.2, -0.15) is 0 Å². The predicted octanol–water partition coefficient (Wildman–Crippen LogP) is 0.921. The average Bonchev–Trinajstić information content (AvgIpc) is 2.63. The SMILES string of the molecule is NCc1cccc(N2CC(Oc3ccc4c(c3C(=O)O)OB(O)CC4)C2)n1. The highest BCUT2D eigenvalue weighted by Gasteiger charge is 2.34. The molecule has 0 spiro atoms. The molecule has 2 aromatic rings. The number of aromatic nitrogens is 1. The van der Waals surface area contributed by atoms with Gasteiger partial charge in [0.2, 0.25) is 0 Å². The molecule has 1 aromatic carbocycles. The lowest BCUT2D eigenvalue weighted by Gasteiger charge is -2.40. The first-order valence-electron chi connectivity index (χ1n) is 8.86. The van der Waals surface area contributed by atoms with Crippen LogP contribution in [0.4, 0.5) is 5.82 Å². The number of fused-ring (bicyclic) bond motifs is 1. The van der Waals surface area contributed by atoms with Gasteiger partial charge >= 0.3 is 13.1 Å². The van der Waals surface area contributed by atoms with E-state index in [2.05, 4.69) is 4.98 Å². The zero-order valence-corrected chi connectivity index (χ0v) is 14.7. The van der Waals surface area contributed by atoms with E-state index in [1.54, 1.807) is 12.1 Å². The van der Waals surface area contributed by atoms with E-state index in [4.69, 9.17) is 15.1 Å². The molecular formula is C18H20BN3O5. The number of carboxylic acids is 1. The minimum Gasteiger partial charge on any atom is -0.535 e. The number of carbonyl (C=O) groups is 1. The number of anilines is 1. The topological polar surface area (TPSA) is 118 Å². The first kappa shape index (κ1) is 17.6. The molecular weight excluding hydrogens is 349 g/mol. The number of hydrogen-bond acceptors (Lipinski definition) is 7. The van der Waals surface area contributed by atoms with E-state index < -0.39 is 13.1 Å². The number of rotatable bonds is 5. The molecule has 0 saturated carbocycles. The van der Waals surface area contributed by atoms with E-state index in [0.29, 0.717) is 32.4 Å². The number of nitrogens with zero attached hydrogens (tertiary/aromatic N) is 2. The van der Waals surface area contributed by atoms with Gasteiger partial charge in [0.1, 0.15) is 29.0 Å². The summed E-state index contributed by atoms with van der Waals surface area (Å²) in [7, 11) is -0.994. The molecule has 0 bridgehead atoms. The largest absolute Gasteiger partial charge is 0.535 e. The minimum absolute atomic E-state index is 0.0343. The van der Waals surface area contributed by atoms with E-state index in [0.717, 1.165) is 17.1 Å². The van der Waals surface area contributed by atoms with Gasteiger partial charge in [0.05, 0.1) is 18.8 Å². The van der Waals surface area contributed by atoms with Crippen molar-refractivity contribution in [3.63, 3.8) is 0 Å². The Kier molecular flexibility index (Phi) is 4.63. The molecule has 8 nitrogen and oxygen atoms in total. The minimum atomic E-state index is -1.13. The van der Waals surface area contributed by atoms with Crippen molar-refractivity contribution in [2.45, 2.75) is 25.4 Å². The highest BCUT2D eigenvalue weighted by atomic mass is 16.5. The van der Waals surface area contributed by atoms with Crippen molar-refractivity contribution < 1.29 is 24.3 Å².